The van der Waals surface area contributed by atoms with Crippen LogP contribution in [0.4, 0.5) is 5.69 Å². The van der Waals surface area contributed by atoms with Crippen molar-refractivity contribution in [2.24, 2.45) is 11.7 Å². The molecule has 1 aromatic rings. The Hall–Kier alpha value is -1.56. The molecule has 0 aliphatic carbocycles. The molecule has 0 fully saturated rings. The van der Waals surface area contributed by atoms with Gasteiger partial charge in [-0.15, -0.1) is 0 Å². The fraction of sp³-hybridized carbons (Fsp3) is 0.333. The zero-order valence-corrected chi connectivity index (χ0v) is 11.8. The van der Waals surface area contributed by atoms with Gasteiger partial charge >= 0.3 is 5.97 Å². The molecule has 0 saturated heterocycles. The molecule has 0 aliphatic heterocycles. The Bertz CT molecular complexity index is 488. The Balaban J connectivity index is 2.82. The summed E-state index contributed by atoms with van der Waals surface area (Å²) in [6.07, 6.45) is 0. The molecular weight excluding hydrogens is 300 g/mol. The van der Waals surface area contributed by atoms with E-state index in [4.69, 9.17) is 16.2 Å². The molecule has 0 heterocycles. The molecule has 0 bridgehead atoms. The van der Waals surface area contributed by atoms with Crippen LogP contribution in [-0.2, 0) is 9.53 Å². The SMILES string of the molecule is Cc1c(N)cc(Br)cc1C(=O)OCC(C)C(N)=O. The molecule has 98 valence electrons. The largest absolute Gasteiger partial charge is 0.461 e. The van der Waals surface area contributed by atoms with Gasteiger partial charge in [-0.05, 0) is 24.6 Å². The van der Waals surface area contributed by atoms with Crippen LogP contribution in [-0.4, -0.2) is 18.5 Å². The molecule has 0 radical (unpaired) electrons. The molecule has 1 amide bonds. The fourth-order valence-electron chi connectivity index (χ4n) is 1.27. The van der Waals surface area contributed by atoms with Crippen LogP contribution in [0.25, 0.3) is 0 Å². The number of ether oxygens (including phenoxy) is 1. The van der Waals surface area contributed by atoms with E-state index in [0.29, 0.717) is 21.3 Å². The van der Waals surface area contributed by atoms with E-state index in [1.165, 1.54) is 0 Å². The summed E-state index contributed by atoms with van der Waals surface area (Å²) in [4.78, 5) is 22.7. The van der Waals surface area contributed by atoms with Crippen LogP contribution >= 0.6 is 15.9 Å². The number of hydrogen-bond acceptors (Lipinski definition) is 4. The number of carbonyl (C=O) groups is 2. The van der Waals surface area contributed by atoms with Crippen LogP contribution in [0.1, 0.15) is 22.8 Å². The predicted molar refractivity (Wildman–Crippen MR) is 71.9 cm³/mol. The predicted octanol–water partition coefficient (Wildman–Crippen LogP) is 1.62. The first-order valence-corrected chi connectivity index (χ1v) is 6.14. The van der Waals surface area contributed by atoms with E-state index >= 15 is 0 Å². The molecule has 1 rings (SSSR count). The monoisotopic (exact) mass is 314 g/mol. The van der Waals surface area contributed by atoms with Crippen LogP contribution in [0.3, 0.4) is 0 Å². The van der Waals surface area contributed by atoms with Gasteiger partial charge in [-0.1, -0.05) is 22.9 Å². The molecule has 1 aromatic carbocycles. The number of primary amides is 1. The number of amides is 1. The van der Waals surface area contributed by atoms with Crippen LogP contribution in [0.15, 0.2) is 16.6 Å². The van der Waals surface area contributed by atoms with Crippen molar-refractivity contribution < 1.29 is 14.3 Å². The molecule has 18 heavy (non-hydrogen) atoms. The number of carbonyl (C=O) groups excluding carboxylic acids is 2. The molecule has 1 atom stereocenters. The number of nitrogen functional groups attached to an aromatic ring is 1. The summed E-state index contributed by atoms with van der Waals surface area (Å²) in [5.41, 5.74) is 12.4. The van der Waals surface area contributed by atoms with Crippen molar-refractivity contribution in [3.8, 4) is 0 Å². The Morgan fingerprint density at radius 3 is 2.61 bits per heavy atom. The topological polar surface area (TPSA) is 95.4 Å². The molecule has 0 spiro atoms. The second-order valence-corrected chi connectivity index (χ2v) is 4.99. The van der Waals surface area contributed by atoms with Crippen molar-refractivity contribution in [3.63, 3.8) is 0 Å². The maximum atomic E-state index is 11.8. The summed E-state index contributed by atoms with van der Waals surface area (Å²) >= 11 is 3.26. The lowest BCUT2D eigenvalue weighted by Crippen LogP contribution is -2.26. The maximum Gasteiger partial charge on any atom is 0.338 e. The molecule has 0 aliphatic rings. The summed E-state index contributed by atoms with van der Waals surface area (Å²) in [6, 6.07) is 3.33. The van der Waals surface area contributed by atoms with Crippen LogP contribution in [0, 0.1) is 12.8 Å². The zero-order chi connectivity index (χ0) is 13.9. The Morgan fingerprint density at radius 2 is 2.06 bits per heavy atom. The van der Waals surface area contributed by atoms with Gasteiger partial charge in [-0.2, -0.15) is 0 Å². The molecule has 0 saturated carbocycles. The number of anilines is 1. The van der Waals surface area contributed by atoms with Crippen molar-refractivity contribution >= 4 is 33.5 Å². The molecule has 1 unspecified atom stereocenters. The van der Waals surface area contributed by atoms with E-state index in [9.17, 15) is 9.59 Å². The first-order chi connectivity index (χ1) is 8.32. The van der Waals surface area contributed by atoms with Gasteiger partial charge in [-0.3, -0.25) is 4.79 Å². The lowest BCUT2D eigenvalue weighted by Gasteiger charge is -2.11. The lowest BCUT2D eigenvalue weighted by atomic mass is 10.1. The van der Waals surface area contributed by atoms with Crippen molar-refractivity contribution in [2.45, 2.75) is 13.8 Å². The number of hydrogen-bond donors (Lipinski definition) is 2. The van der Waals surface area contributed by atoms with E-state index in [1.807, 2.05) is 0 Å². The van der Waals surface area contributed by atoms with Gasteiger partial charge < -0.3 is 16.2 Å². The van der Waals surface area contributed by atoms with Gasteiger partial charge in [0.25, 0.3) is 0 Å². The van der Waals surface area contributed by atoms with Gasteiger partial charge in [0, 0.05) is 10.2 Å². The summed E-state index contributed by atoms with van der Waals surface area (Å²) < 4.78 is 5.72. The van der Waals surface area contributed by atoms with Crippen molar-refractivity contribution in [1.82, 2.24) is 0 Å². The number of benzene rings is 1. The number of nitrogens with two attached hydrogens (primary N) is 2. The smallest absolute Gasteiger partial charge is 0.338 e. The Morgan fingerprint density at radius 1 is 1.44 bits per heavy atom. The van der Waals surface area contributed by atoms with Gasteiger partial charge in [0.1, 0.15) is 6.61 Å². The van der Waals surface area contributed by atoms with Crippen molar-refractivity contribution in [2.75, 3.05) is 12.3 Å². The molecular formula is C12H15BrN2O3. The first-order valence-electron chi connectivity index (χ1n) is 5.35. The average molecular weight is 315 g/mol. The number of halogens is 1. The van der Waals surface area contributed by atoms with Gasteiger partial charge in [0.05, 0.1) is 11.5 Å². The average Bonchev–Trinajstić information content (AvgIpc) is 2.29. The maximum absolute atomic E-state index is 11.8. The van der Waals surface area contributed by atoms with E-state index in [1.54, 1.807) is 26.0 Å². The third kappa shape index (κ3) is 3.46. The minimum Gasteiger partial charge on any atom is -0.461 e. The highest BCUT2D eigenvalue weighted by Gasteiger charge is 2.16. The highest BCUT2D eigenvalue weighted by atomic mass is 79.9. The highest BCUT2D eigenvalue weighted by Crippen LogP contribution is 2.23. The Kier molecular flexibility index (Phi) is 4.72. The standard InChI is InChI=1S/C12H15BrN2O3/c1-6(11(15)16)5-18-12(17)9-3-8(13)4-10(14)7(9)2/h3-4,6H,5,14H2,1-2H3,(H2,15,16). The second-order valence-electron chi connectivity index (χ2n) is 4.07. The van der Waals surface area contributed by atoms with Crippen molar-refractivity contribution in [1.29, 1.82) is 0 Å². The third-order valence-electron chi connectivity index (χ3n) is 2.58. The van der Waals surface area contributed by atoms with E-state index < -0.39 is 17.8 Å². The highest BCUT2D eigenvalue weighted by molar-refractivity contribution is 9.10. The van der Waals surface area contributed by atoms with Gasteiger partial charge in [0.2, 0.25) is 5.91 Å². The molecule has 4 N–H and O–H groups in total. The van der Waals surface area contributed by atoms with Crippen LogP contribution in [0.5, 0.6) is 0 Å². The minimum atomic E-state index is -0.520. The lowest BCUT2D eigenvalue weighted by molar-refractivity contribution is -0.122. The van der Waals surface area contributed by atoms with E-state index in [-0.39, 0.29) is 6.61 Å². The number of esters is 1. The van der Waals surface area contributed by atoms with Gasteiger partial charge in [-0.25, -0.2) is 4.79 Å². The van der Waals surface area contributed by atoms with E-state index in [0.717, 1.165) is 0 Å². The normalized spacial score (nSPS) is 11.9. The second kappa shape index (κ2) is 5.86. The fourth-order valence-corrected chi connectivity index (χ4v) is 1.75. The quantitative estimate of drug-likeness (QED) is 0.652. The number of rotatable bonds is 4. The molecule has 6 heteroatoms. The molecule has 5 nitrogen and oxygen atoms in total. The summed E-state index contributed by atoms with van der Waals surface area (Å²) in [5, 5.41) is 0. The zero-order valence-electron chi connectivity index (χ0n) is 10.2. The van der Waals surface area contributed by atoms with E-state index in [2.05, 4.69) is 15.9 Å². The van der Waals surface area contributed by atoms with Crippen LogP contribution in [0.2, 0.25) is 0 Å². The molecule has 0 aromatic heterocycles. The summed E-state index contributed by atoms with van der Waals surface area (Å²) in [5.74, 6) is -1.54. The summed E-state index contributed by atoms with van der Waals surface area (Å²) in [6.45, 7) is 3.29. The minimum absolute atomic E-state index is 0.0416. The van der Waals surface area contributed by atoms with Crippen LogP contribution < -0.4 is 11.5 Å². The van der Waals surface area contributed by atoms with Gasteiger partial charge in [0.15, 0.2) is 0 Å². The van der Waals surface area contributed by atoms with Crippen molar-refractivity contribution in [3.05, 3.63) is 27.7 Å². The first kappa shape index (κ1) is 14.5. The Labute approximate surface area is 114 Å². The third-order valence-corrected chi connectivity index (χ3v) is 3.04. The summed E-state index contributed by atoms with van der Waals surface area (Å²) in [7, 11) is 0.